The van der Waals surface area contributed by atoms with Gasteiger partial charge in [0, 0.05) is 54.7 Å². The molecule has 2 saturated heterocycles. The van der Waals surface area contributed by atoms with Crippen molar-refractivity contribution < 1.29 is 31.8 Å². The minimum Gasteiger partial charge on any atom is -0.406 e. The average molecular weight is 547 g/mol. The Balaban J connectivity index is 1.22. The molecule has 3 N–H and O–H groups in total. The van der Waals surface area contributed by atoms with Gasteiger partial charge in [-0.1, -0.05) is 0 Å². The number of likely N-dealkylation sites (tertiary alicyclic amines) is 1. The quantitative estimate of drug-likeness (QED) is 0.335. The van der Waals surface area contributed by atoms with E-state index in [0.29, 0.717) is 37.1 Å². The summed E-state index contributed by atoms with van der Waals surface area (Å²) in [7, 11) is 0. The summed E-state index contributed by atoms with van der Waals surface area (Å²) in [5.41, 5.74) is 9.80. The van der Waals surface area contributed by atoms with Gasteiger partial charge >= 0.3 is 6.36 Å². The van der Waals surface area contributed by atoms with Gasteiger partial charge in [0.1, 0.15) is 17.2 Å². The zero-order chi connectivity index (χ0) is 27.4. The molecule has 3 aliphatic rings. The van der Waals surface area contributed by atoms with Crippen LogP contribution in [0.2, 0.25) is 0 Å². The summed E-state index contributed by atoms with van der Waals surface area (Å²) in [5.74, 6) is -1.27. The van der Waals surface area contributed by atoms with Gasteiger partial charge in [0.25, 0.3) is 5.91 Å². The number of hydrogen-bond acceptors (Lipinski definition) is 5. The molecule has 11 heteroatoms. The van der Waals surface area contributed by atoms with Crippen LogP contribution in [0.3, 0.4) is 0 Å². The predicted molar refractivity (Wildman–Crippen MR) is 136 cm³/mol. The van der Waals surface area contributed by atoms with Crippen LogP contribution in [-0.2, 0) is 17.6 Å². The number of benzene rings is 1. The molecule has 7 nitrogen and oxygen atoms in total. The van der Waals surface area contributed by atoms with E-state index >= 15 is 4.39 Å². The number of aromatic amines is 1. The molecule has 1 spiro atoms. The second-order valence-corrected chi connectivity index (χ2v) is 11.0. The molecule has 0 radical (unpaired) electrons. The van der Waals surface area contributed by atoms with Gasteiger partial charge in [0.2, 0.25) is 0 Å². The first-order valence-corrected chi connectivity index (χ1v) is 13.3. The number of alkyl halides is 3. The highest BCUT2D eigenvalue weighted by atomic mass is 19.4. The largest absolute Gasteiger partial charge is 0.573 e. The number of halogens is 4. The Morgan fingerprint density at radius 2 is 1.92 bits per heavy atom. The van der Waals surface area contributed by atoms with Crippen molar-refractivity contribution in [3.8, 4) is 5.75 Å². The monoisotopic (exact) mass is 546 g/mol. The number of ether oxygens (including phenoxy) is 2. The van der Waals surface area contributed by atoms with E-state index in [1.165, 1.54) is 17.8 Å². The number of hydrogen-bond donors (Lipinski definition) is 2. The second kappa shape index (κ2) is 9.69. The highest BCUT2D eigenvalue weighted by Crippen LogP contribution is 2.47. The molecule has 6 rings (SSSR count). The summed E-state index contributed by atoms with van der Waals surface area (Å²) in [6, 6.07) is 3.32. The maximum Gasteiger partial charge on any atom is 0.573 e. The number of carbonyl (C=O) groups excluding carboxylic acids is 1. The molecule has 0 unspecified atom stereocenters. The summed E-state index contributed by atoms with van der Waals surface area (Å²) < 4.78 is 62.5. The number of carbonyl (C=O) groups is 1. The SMILES string of the molecule is Nc1cc(OC(F)(F)F)ccc1C(=O)N1CCC(c2c(F)cnc3[nH]c4c(c23)CC2(CCOCC2)CC4)CC1. The van der Waals surface area contributed by atoms with Crippen molar-refractivity contribution >= 4 is 22.6 Å². The predicted octanol–water partition coefficient (Wildman–Crippen LogP) is 5.49. The molecule has 2 aromatic heterocycles. The maximum atomic E-state index is 15.4. The smallest absolute Gasteiger partial charge is 0.406 e. The van der Waals surface area contributed by atoms with E-state index in [2.05, 4.69) is 14.7 Å². The van der Waals surface area contributed by atoms with Crippen molar-refractivity contribution in [2.75, 3.05) is 32.0 Å². The van der Waals surface area contributed by atoms with Crippen LogP contribution in [-0.4, -0.2) is 53.4 Å². The lowest BCUT2D eigenvalue weighted by Crippen LogP contribution is -2.38. The van der Waals surface area contributed by atoms with Crippen LogP contribution in [0.4, 0.5) is 23.2 Å². The minimum atomic E-state index is -4.85. The van der Waals surface area contributed by atoms with E-state index in [0.717, 1.165) is 68.5 Å². The lowest BCUT2D eigenvalue weighted by atomic mass is 9.68. The standard InChI is InChI=1S/C28H30F4N4O3/c29-20-15-34-25-24(19-14-27(6-3-22(19)35-25)7-11-38-12-8-27)23(20)16-4-9-36(10-5-16)26(37)18-2-1-17(13-21(18)33)39-28(30,31)32/h1-2,13,15-16H,3-12,14,33H2,(H,34,35). The van der Waals surface area contributed by atoms with E-state index in [1.807, 2.05) is 0 Å². The summed E-state index contributed by atoms with van der Waals surface area (Å²) in [4.78, 5) is 22.6. The molecule has 4 heterocycles. The molecule has 0 bridgehead atoms. The average Bonchev–Trinajstić information content (AvgIpc) is 3.25. The number of nitrogens with one attached hydrogen (secondary N) is 1. The van der Waals surface area contributed by atoms with Crippen LogP contribution in [0.1, 0.15) is 65.2 Å². The van der Waals surface area contributed by atoms with Gasteiger partial charge in [-0.25, -0.2) is 9.37 Å². The summed E-state index contributed by atoms with van der Waals surface area (Å²) >= 11 is 0. The summed E-state index contributed by atoms with van der Waals surface area (Å²) in [6.45, 7) is 2.26. The number of nitrogens with zero attached hydrogens (tertiary/aromatic N) is 2. The third-order valence-corrected chi connectivity index (χ3v) is 8.69. The fourth-order valence-electron chi connectivity index (χ4n) is 6.64. The number of H-pyrrole nitrogens is 1. The summed E-state index contributed by atoms with van der Waals surface area (Å²) in [6.07, 6.45) is 2.42. The number of rotatable bonds is 3. The van der Waals surface area contributed by atoms with Crippen LogP contribution < -0.4 is 10.5 Å². The number of piperidine rings is 1. The van der Waals surface area contributed by atoms with Crippen LogP contribution in [0, 0.1) is 11.2 Å². The Hall–Kier alpha value is -3.34. The number of fused-ring (bicyclic) bond motifs is 3. The van der Waals surface area contributed by atoms with Gasteiger partial charge in [-0.05, 0) is 74.0 Å². The van der Waals surface area contributed by atoms with Crippen molar-refractivity contribution in [1.82, 2.24) is 14.9 Å². The van der Waals surface area contributed by atoms with E-state index in [4.69, 9.17) is 10.5 Å². The number of nitrogen functional groups attached to an aromatic ring is 1. The Labute approximate surface area is 222 Å². The van der Waals surface area contributed by atoms with Crippen molar-refractivity contribution in [3.05, 3.63) is 52.6 Å². The van der Waals surface area contributed by atoms with Crippen molar-refractivity contribution in [3.63, 3.8) is 0 Å². The molecule has 39 heavy (non-hydrogen) atoms. The number of amides is 1. The minimum absolute atomic E-state index is 0.0908. The van der Waals surface area contributed by atoms with E-state index < -0.39 is 12.1 Å². The number of pyridine rings is 1. The molecule has 1 aliphatic carbocycles. The number of aromatic nitrogens is 2. The lowest BCUT2D eigenvalue weighted by molar-refractivity contribution is -0.274. The Bertz CT molecular complexity index is 1410. The van der Waals surface area contributed by atoms with Crippen LogP contribution in [0.5, 0.6) is 5.75 Å². The molecule has 0 atom stereocenters. The highest BCUT2D eigenvalue weighted by molar-refractivity contribution is 5.99. The maximum absolute atomic E-state index is 15.4. The normalized spacial score (nSPS) is 19.8. The lowest BCUT2D eigenvalue weighted by Gasteiger charge is -2.40. The van der Waals surface area contributed by atoms with Crippen LogP contribution in [0.15, 0.2) is 24.4 Å². The zero-order valence-corrected chi connectivity index (χ0v) is 21.4. The second-order valence-electron chi connectivity index (χ2n) is 11.0. The first-order chi connectivity index (χ1) is 18.6. The Morgan fingerprint density at radius 1 is 1.18 bits per heavy atom. The molecule has 2 fully saturated rings. The molecule has 3 aromatic rings. The van der Waals surface area contributed by atoms with Gasteiger partial charge in [-0.15, -0.1) is 13.2 Å². The topological polar surface area (TPSA) is 93.5 Å². The molecule has 2 aliphatic heterocycles. The first kappa shape index (κ1) is 25.9. The van der Waals surface area contributed by atoms with Gasteiger partial charge in [-0.2, -0.15) is 0 Å². The number of aryl methyl sites for hydroxylation is 1. The van der Waals surface area contributed by atoms with Gasteiger partial charge in [-0.3, -0.25) is 4.79 Å². The molecular weight excluding hydrogens is 516 g/mol. The third-order valence-electron chi connectivity index (χ3n) is 8.69. The third kappa shape index (κ3) is 4.92. The zero-order valence-electron chi connectivity index (χ0n) is 21.4. The van der Waals surface area contributed by atoms with Crippen LogP contribution in [0.25, 0.3) is 11.0 Å². The van der Waals surface area contributed by atoms with Gasteiger partial charge < -0.3 is 25.1 Å². The van der Waals surface area contributed by atoms with E-state index in [-0.39, 0.29) is 34.3 Å². The Morgan fingerprint density at radius 3 is 2.62 bits per heavy atom. The molecule has 0 saturated carbocycles. The van der Waals surface area contributed by atoms with Gasteiger partial charge in [0.05, 0.1) is 11.8 Å². The fraction of sp³-hybridized carbons (Fsp3) is 0.500. The fourth-order valence-corrected chi connectivity index (χ4v) is 6.64. The first-order valence-electron chi connectivity index (χ1n) is 13.3. The number of anilines is 1. The highest BCUT2D eigenvalue weighted by Gasteiger charge is 2.39. The van der Waals surface area contributed by atoms with Crippen molar-refractivity contribution in [2.45, 2.75) is 57.2 Å². The summed E-state index contributed by atoms with van der Waals surface area (Å²) in [5, 5.41) is 0.893. The van der Waals surface area contributed by atoms with Crippen molar-refractivity contribution in [2.24, 2.45) is 5.41 Å². The molecular formula is C28H30F4N4O3. The molecule has 208 valence electrons. The van der Waals surface area contributed by atoms with Crippen LogP contribution >= 0.6 is 0 Å². The van der Waals surface area contributed by atoms with E-state index in [9.17, 15) is 18.0 Å². The Kier molecular flexibility index (Phi) is 6.44. The molecule has 1 aromatic carbocycles. The molecule has 1 amide bonds. The van der Waals surface area contributed by atoms with E-state index in [1.54, 1.807) is 4.90 Å². The van der Waals surface area contributed by atoms with Crippen molar-refractivity contribution in [1.29, 1.82) is 0 Å². The number of nitrogens with two attached hydrogens (primary N) is 1. The van der Waals surface area contributed by atoms with Gasteiger partial charge in [0.15, 0.2) is 0 Å².